The van der Waals surface area contributed by atoms with Crippen LogP contribution >= 0.6 is 0 Å². The van der Waals surface area contributed by atoms with Gasteiger partial charge in [-0.1, -0.05) is 18.2 Å². The Labute approximate surface area is 147 Å². The molecule has 3 heterocycles. The summed E-state index contributed by atoms with van der Waals surface area (Å²) in [5.74, 6) is 0.773. The van der Waals surface area contributed by atoms with Crippen molar-refractivity contribution in [2.75, 3.05) is 22.9 Å². The van der Waals surface area contributed by atoms with E-state index in [1.54, 1.807) is 12.4 Å². The van der Waals surface area contributed by atoms with Crippen molar-refractivity contribution in [3.8, 4) is 0 Å². The predicted octanol–water partition coefficient (Wildman–Crippen LogP) is 2.61. The quantitative estimate of drug-likeness (QED) is 0.915. The van der Waals surface area contributed by atoms with E-state index in [1.165, 1.54) is 5.56 Å². The second-order valence-electron chi connectivity index (χ2n) is 6.81. The Morgan fingerprint density at radius 3 is 2.60 bits per heavy atom. The molecular weight excluding hydrogens is 314 g/mol. The van der Waals surface area contributed by atoms with Gasteiger partial charge in [-0.25, -0.2) is 14.8 Å². The molecule has 1 fully saturated rings. The van der Waals surface area contributed by atoms with Gasteiger partial charge in [0.1, 0.15) is 0 Å². The molecule has 1 aromatic heterocycles. The number of amides is 2. The molecule has 1 N–H and O–H groups in total. The van der Waals surface area contributed by atoms with Crippen LogP contribution in [-0.4, -0.2) is 41.2 Å². The molecule has 2 aromatic rings. The molecule has 1 saturated heterocycles. The average molecular weight is 337 g/mol. The van der Waals surface area contributed by atoms with Crippen molar-refractivity contribution in [1.29, 1.82) is 0 Å². The number of rotatable bonds is 2. The van der Waals surface area contributed by atoms with Gasteiger partial charge in [-0.05, 0) is 43.9 Å². The Morgan fingerprint density at radius 2 is 1.84 bits per heavy atom. The lowest BCUT2D eigenvalue weighted by atomic mass is 10.1. The number of hydrogen-bond donors (Lipinski definition) is 1. The highest BCUT2D eigenvalue weighted by atomic mass is 16.2. The van der Waals surface area contributed by atoms with Crippen LogP contribution in [-0.2, 0) is 6.42 Å². The average Bonchev–Trinajstić information content (AvgIpc) is 2.99. The number of piperidine rings is 1. The number of benzene rings is 1. The fraction of sp³-hybridized carbons (Fsp3) is 0.421. The third-order valence-corrected chi connectivity index (χ3v) is 5.08. The van der Waals surface area contributed by atoms with Gasteiger partial charge in [0, 0.05) is 43.3 Å². The molecule has 1 unspecified atom stereocenters. The van der Waals surface area contributed by atoms with Crippen LogP contribution in [0, 0.1) is 0 Å². The smallest absolute Gasteiger partial charge is 0.322 e. The number of nitrogens with zero attached hydrogens (tertiary/aromatic N) is 4. The van der Waals surface area contributed by atoms with E-state index in [2.05, 4.69) is 33.2 Å². The van der Waals surface area contributed by atoms with Crippen LogP contribution in [0.4, 0.5) is 16.4 Å². The number of carbonyl (C=O) groups excluding carboxylic acids is 1. The lowest BCUT2D eigenvalue weighted by Gasteiger charge is -2.33. The fourth-order valence-electron chi connectivity index (χ4n) is 3.80. The van der Waals surface area contributed by atoms with Crippen LogP contribution in [0.25, 0.3) is 0 Å². The second kappa shape index (κ2) is 6.70. The van der Waals surface area contributed by atoms with Crippen molar-refractivity contribution >= 4 is 17.7 Å². The summed E-state index contributed by atoms with van der Waals surface area (Å²) in [5.41, 5.74) is 2.30. The van der Waals surface area contributed by atoms with Crippen LogP contribution in [0.1, 0.15) is 25.3 Å². The van der Waals surface area contributed by atoms with Crippen molar-refractivity contribution in [1.82, 2.24) is 15.3 Å². The topological polar surface area (TPSA) is 61.4 Å². The minimum atomic E-state index is 0.0202. The van der Waals surface area contributed by atoms with E-state index in [-0.39, 0.29) is 18.1 Å². The number of para-hydroxylation sites is 1. The highest BCUT2D eigenvalue weighted by Gasteiger charge is 2.32. The molecule has 1 atom stereocenters. The van der Waals surface area contributed by atoms with Crippen molar-refractivity contribution in [2.45, 2.75) is 38.3 Å². The summed E-state index contributed by atoms with van der Waals surface area (Å²) in [6.45, 7) is 3.83. The van der Waals surface area contributed by atoms with Gasteiger partial charge in [0.2, 0.25) is 5.95 Å². The van der Waals surface area contributed by atoms with Crippen LogP contribution in [0.5, 0.6) is 0 Å². The summed E-state index contributed by atoms with van der Waals surface area (Å²) in [4.78, 5) is 25.5. The third-order valence-electron chi connectivity index (χ3n) is 5.08. The summed E-state index contributed by atoms with van der Waals surface area (Å²) in [7, 11) is 0. The summed E-state index contributed by atoms with van der Waals surface area (Å²) in [6.07, 6.45) is 6.28. The fourth-order valence-corrected chi connectivity index (χ4v) is 3.80. The van der Waals surface area contributed by atoms with Gasteiger partial charge in [0.25, 0.3) is 0 Å². The van der Waals surface area contributed by atoms with Crippen LogP contribution in [0.3, 0.4) is 0 Å². The molecule has 130 valence electrons. The van der Waals surface area contributed by atoms with E-state index >= 15 is 0 Å². The van der Waals surface area contributed by atoms with E-state index in [9.17, 15) is 4.79 Å². The molecule has 25 heavy (non-hydrogen) atoms. The standard InChI is InChI=1S/C19H23N5O/c1-14-13-15-5-2-3-6-17(15)24(14)19(25)22-16-7-11-23(12-8-16)18-20-9-4-10-21-18/h2-6,9-10,14,16H,7-8,11-13H2,1H3,(H,22,25). The van der Waals surface area contributed by atoms with Gasteiger partial charge in [-0.3, -0.25) is 4.90 Å². The molecule has 0 spiro atoms. The molecule has 0 aliphatic carbocycles. The summed E-state index contributed by atoms with van der Waals surface area (Å²) >= 11 is 0. The predicted molar refractivity (Wildman–Crippen MR) is 97.9 cm³/mol. The summed E-state index contributed by atoms with van der Waals surface area (Å²) < 4.78 is 0. The maximum absolute atomic E-state index is 12.8. The number of anilines is 2. The van der Waals surface area contributed by atoms with Crippen molar-refractivity contribution in [3.63, 3.8) is 0 Å². The monoisotopic (exact) mass is 337 g/mol. The Morgan fingerprint density at radius 1 is 1.12 bits per heavy atom. The molecule has 4 rings (SSSR count). The van der Waals surface area contributed by atoms with E-state index in [0.29, 0.717) is 0 Å². The highest BCUT2D eigenvalue weighted by molar-refractivity contribution is 5.95. The van der Waals surface area contributed by atoms with Crippen molar-refractivity contribution < 1.29 is 4.79 Å². The minimum absolute atomic E-state index is 0.0202. The Balaban J connectivity index is 1.37. The lowest BCUT2D eigenvalue weighted by Crippen LogP contribution is -2.51. The highest BCUT2D eigenvalue weighted by Crippen LogP contribution is 2.31. The minimum Gasteiger partial charge on any atom is -0.341 e. The second-order valence-corrected chi connectivity index (χ2v) is 6.81. The maximum Gasteiger partial charge on any atom is 0.322 e. The largest absolute Gasteiger partial charge is 0.341 e. The van der Waals surface area contributed by atoms with Crippen molar-refractivity contribution in [2.24, 2.45) is 0 Å². The van der Waals surface area contributed by atoms with Gasteiger partial charge < -0.3 is 10.2 Å². The molecule has 0 bridgehead atoms. The number of urea groups is 1. The molecule has 2 aliphatic heterocycles. The SMILES string of the molecule is CC1Cc2ccccc2N1C(=O)NC1CCN(c2ncccn2)CC1. The Hall–Kier alpha value is -2.63. The molecule has 1 aromatic carbocycles. The molecule has 2 aliphatic rings. The number of carbonyl (C=O) groups is 1. The molecule has 0 saturated carbocycles. The summed E-state index contributed by atoms with van der Waals surface area (Å²) in [6, 6.07) is 10.4. The molecule has 0 radical (unpaired) electrons. The Kier molecular flexibility index (Phi) is 4.26. The number of nitrogens with one attached hydrogen (secondary N) is 1. The van der Waals surface area contributed by atoms with Crippen LogP contribution in [0.2, 0.25) is 0 Å². The normalized spacial score (nSPS) is 20.4. The zero-order valence-electron chi connectivity index (χ0n) is 14.4. The third kappa shape index (κ3) is 3.16. The van der Waals surface area contributed by atoms with Gasteiger partial charge in [0.15, 0.2) is 0 Å². The number of aromatic nitrogens is 2. The zero-order valence-corrected chi connectivity index (χ0v) is 14.4. The zero-order chi connectivity index (χ0) is 17.2. The van der Waals surface area contributed by atoms with E-state index < -0.39 is 0 Å². The maximum atomic E-state index is 12.8. The number of fused-ring (bicyclic) bond motifs is 1. The molecular formula is C19H23N5O. The van der Waals surface area contributed by atoms with Gasteiger partial charge in [0.05, 0.1) is 0 Å². The van der Waals surface area contributed by atoms with Crippen LogP contribution < -0.4 is 15.1 Å². The first-order chi connectivity index (χ1) is 12.2. The van der Waals surface area contributed by atoms with Crippen molar-refractivity contribution in [3.05, 3.63) is 48.3 Å². The van der Waals surface area contributed by atoms with Gasteiger partial charge in [-0.2, -0.15) is 0 Å². The first-order valence-electron chi connectivity index (χ1n) is 8.92. The Bertz CT molecular complexity index is 742. The number of hydrogen-bond acceptors (Lipinski definition) is 4. The molecule has 2 amide bonds. The first kappa shape index (κ1) is 15.9. The first-order valence-corrected chi connectivity index (χ1v) is 8.92. The lowest BCUT2D eigenvalue weighted by molar-refractivity contribution is 0.238. The molecule has 6 nitrogen and oxygen atoms in total. The van der Waals surface area contributed by atoms with Gasteiger partial charge >= 0.3 is 6.03 Å². The summed E-state index contributed by atoms with van der Waals surface area (Å²) in [5, 5.41) is 3.22. The van der Waals surface area contributed by atoms with E-state index in [0.717, 1.165) is 44.0 Å². The van der Waals surface area contributed by atoms with E-state index in [4.69, 9.17) is 0 Å². The van der Waals surface area contributed by atoms with E-state index in [1.807, 2.05) is 29.2 Å². The van der Waals surface area contributed by atoms with Gasteiger partial charge in [-0.15, -0.1) is 0 Å². The molecule has 6 heteroatoms. The van der Waals surface area contributed by atoms with Crippen LogP contribution in [0.15, 0.2) is 42.7 Å².